The summed E-state index contributed by atoms with van der Waals surface area (Å²) in [5.74, 6) is 1.24. The summed E-state index contributed by atoms with van der Waals surface area (Å²) in [6, 6.07) is -0.449. The van der Waals surface area contributed by atoms with Gasteiger partial charge in [0.05, 0.1) is 19.8 Å². The van der Waals surface area contributed by atoms with E-state index in [1.165, 1.54) is 7.11 Å². The Morgan fingerprint density at radius 3 is 3.00 bits per heavy atom. The van der Waals surface area contributed by atoms with Gasteiger partial charge in [-0.05, 0) is 5.92 Å². The minimum atomic E-state index is -0.530. The molecule has 0 spiro atoms. The molecule has 1 aromatic heterocycles. The molecule has 20 heavy (non-hydrogen) atoms. The summed E-state index contributed by atoms with van der Waals surface area (Å²) >= 11 is 0. The molecule has 1 aliphatic heterocycles. The van der Waals surface area contributed by atoms with Crippen LogP contribution in [0.5, 0.6) is 0 Å². The van der Waals surface area contributed by atoms with Gasteiger partial charge in [-0.1, -0.05) is 19.0 Å². The summed E-state index contributed by atoms with van der Waals surface area (Å²) in [5.41, 5.74) is 0. The topological polar surface area (TPSA) is 88.7 Å². The van der Waals surface area contributed by atoms with Gasteiger partial charge in [0.1, 0.15) is 6.04 Å². The summed E-state index contributed by atoms with van der Waals surface area (Å²) in [6.45, 7) is 4.92. The molecular formula is C13H21N3O4. The van der Waals surface area contributed by atoms with E-state index in [0.717, 1.165) is 6.42 Å². The Bertz CT molecular complexity index is 460. The van der Waals surface area contributed by atoms with Gasteiger partial charge in [0.2, 0.25) is 5.89 Å². The fourth-order valence-electron chi connectivity index (χ4n) is 2.41. The highest BCUT2D eigenvalue weighted by Gasteiger charge is 2.37. The minimum absolute atomic E-state index is 0.344. The van der Waals surface area contributed by atoms with E-state index < -0.39 is 12.1 Å². The third kappa shape index (κ3) is 3.55. The van der Waals surface area contributed by atoms with Crippen molar-refractivity contribution in [2.45, 2.75) is 45.4 Å². The molecule has 7 nitrogen and oxygen atoms in total. The van der Waals surface area contributed by atoms with Crippen molar-refractivity contribution in [1.82, 2.24) is 15.0 Å². The number of β-amino-alcohol motifs (C(OH)–C–C–N with tert-alkyl or cyclic N) is 1. The molecule has 1 aromatic rings. The normalized spacial score (nSPS) is 23.4. The van der Waals surface area contributed by atoms with Crippen molar-refractivity contribution in [2.75, 3.05) is 13.7 Å². The second-order valence-electron chi connectivity index (χ2n) is 5.56. The first-order valence-corrected chi connectivity index (χ1v) is 6.81. The van der Waals surface area contributed by atoms with Gasteiger partial charge >= 0.3 is 5.97 Å². The molecule has 1 N–H and O–H groups in total. The molecule has 0 saturated carbocycles. The van der Waals surface area contributed by atoms with Crippen LogP contribution >= 0.6 is 0 Å². The predicted molar refractivity (Wildman–Crippen MR) is 69.7 cm³/mol. The molecule has 1 saturated heterocycles. The molecule has 2 rings (SSSR count). The van der Waals surface area contributed by atoms with Crippen molar-refractivity contribution in [3.8, 4) is 0 Å². The first kappa shape index (κ1) is 14.9. The summed E-state index contributed by atoms with van der Waals surface area (Å²) in [4.78, 5) is 17.8. The lowest BCUT2D eigenvalue weighted by molar-refractivity contribution is -0.146. The number of carbonyl (C=O) groups is 1. The molecule has 7 heteroatoms. The molecule has 0 amide bonds. The number of hydrogen-bond acceptors (Lipinski definition) is 7. The molecule has 112 valence electrons. The summed E-state index contributed by atoms with van der Waals surface area (Å²) < 4.78 is 9.94. The number of esters is 1. The standard InChI is InChI=1S/C13H21N3O4/c1-8(2)4-11-14-12(20-15-11)7-16-6-9(17)5-10(16)13(18)19-3/h8-10,17H,4-7H2,1-3H3. The largest absolute Gasteiger partial charge is 0.468 e. The number of likely N-dealkylation sites (tertiary alicyclic amines) is 1. The van der Waals surface area contributed by atoms with E-state index in [0.29, 0.717) is 37.1 Å². The molecular weight excluding hydrogens is 262 g/mol. The highest BCUT2D eigenvalue weighted by molar-refractivity contribution is 5.76. The van der Waals surface area contributed by atoms with Crippen LogP contribution in [0.1, 0.15) is 32.0 Å². The van der Waals surface area contributed by atoms with Gasteiger partial charge in [-0.15, -0.1) is 0 Å². The zero-order chi connectivity index (χ0) is 14.7. The van der Waals surface area contributed by atoms with Gasteiger partial charge < -0.3 is 14.4 Å². The molecule has 1 aliphatic rings. The van der Waals surface area contributed by atoms with Crippen LogP contribution in [0, 0.1) is 5.92 Å². The van der Waals surface area contributed by atoms with E-state index in [4.69, 9.17) is 9.26 Å². The van der Waals surface area contributed by atoms with Crippen LogP contribution in [0.3, 0.4) is 0 Å². The summed E-state index contributed by atoms with van der Waals surface area (Å²) in [7, 11) is 1.35. The average molecular weight is 283 g/mol. The molecule has 0 aromatic carbocycles. The van der Waals surface area contributed by atoms with Crippen molar-refractivity contribution in [1.29, 1.82) is 0 Å². The Hall–Kier alpha value is -1.47. The van der Waals surface area contributed by atoms with Gasteiger partial charge in [-0.2, -0.15) is 4.98 Å². The van der Waals surface area contributed by atoms with E-state index in [9.17, 15) is 9.90 Å². The lowest BCUT2D eigenvalue weighted by atomic mass is 10.1. The van der Waals surface area contributed by atoms with E-state index in [2.05, 4.69) is 24.0 Å². The van der Waals surface area contributed by atoms with Crippen LogP contribution < -0.4 is 0 Å². The number of rotatable bonds is 5. The van der Waals surface area contributed by atoms with Gasteiger partial charge in [0, 0.05) is 19.4 Å². The van der Waals surface area contributed by atoms with E-state index in [1.54, 1.807) is 0 Å². The van der Waals surface area contributed by atoms with Crippen molar-refractivity contribution >= 4 is 5.97 Å². The van der Waals surface area contributed by atoms with Crippen LogP contribution in [0.2, 0.25) is 0 Å². The summed E-state index contributed by atoms with van der Waals surface area (Å²) in [5, 5.41) is 13.6. The highest BCUT2D eigenvalue weighted by atomic mass is 16.5. The maximum absolute atomic E-state index is 11.7. The lowest BCUT2D eigenvalue weighted by Crippen LogP contribution is -2.36. The van der Waals surface area contributed by atoms with Crippen LogP contribution in [0.15, 0.2) is 4.52 Å². The zero-order valence-electron chi connectivity index (χ0n) is 12.1. The Labute approximate surface area is 117 Å². The average Bonchev–Trinajstić information content (AvgIpc) is 2.95. The van der Waals surface area contributed by atoms with Gasteiger partial charge in [0.25, 0.3) is 0 Å². The fraction of sp³-hybridized carbons (Fsp3) is 0.769. The number of methoxy groups -OCH3 is 1. The number of aliphatic hydroxyl groups is 1. The number of aromatic nitrogens is 2. The summed E-state index contributed by atoms with van der Waals surface area (Å²) in [6.07, 6.45) is 0.601. The maximum atomic E-state index is 11.7. The second-order valence-corrected chi connectivity index (χ2v) is 5.56. The Morgan fingerprint density at radius 2 is 2.35 bits per heavy atom. The minimum Gasteiger partial charge on any atom is -0.468 e. The first-order chi connectivity index (χ1) is 9.49. The fourth-order valence-corrected chi connectivity index (χ4v) is 2.41. The number of carbonyl (C=O) groups excluding carboxylic acids is 1. The van der Waals surface area contributed by atoms with Gasteiger partial charge in [-0.3, -0.25) is 9.69 Å². The molecule has 1 fully saturated rings. The number of aliphatic hydroxyl groups excluding tert-OH is 1. The van der Waals surface area contributed by atoms with Crippen molar-refractivity contribution in [2.24, 2.45) is 5.92 Å². The van der Waals surface area contributed by atoms with Crippen LogP contribution in [-0.4, -0.2) is 51.9 Å². The second kappa shape index (κ2) is 6.32. The third-order valence-corrected chi connectivity index (χ3v) is 3.29. The van der Waals surface area contributed by atoms with Gasteiger partial charge in [0.15, 0.2) is 5.82 Å². The number of ether oxygens (including phenoxy) is 1. The third-order valence-electron chi connectivity index (χ3n) is 3.29. The lowest BCUT2D eigenvalue weighted by Gasteiger charge is -2.19. The molecule has 0 aliphatic carbocycles. The monoisotopic (exact) mass is 283 g/mol. The molecule has 2 heterocycles. The number of hydrogen-bond donors (Lipinski definition) is 1. The predicted octanol–water partition coefficient (Wildman–Crippen LogP) is 0.376. The quantitative estimate of drug-likeness (QED) is 0.781. The number of nitrogens with zero attached hydrogens (tertiary/aromatic N) is 3. The molecule has 0 radical (unpaired) electrons. The first-order valence-electron chi connectivity index (χ1n) is 6.81. The van der Waals surface area contributed by atoms with Crippen molar-refractivity contribution in [3.05, 3.63) is 11.7 Å². The Kier molecular flexibility index (Phi) is 4.72. The maximum Gasteiger partial charge on any atom is 0.323 e. The zero-order valence-corrected chi connectivity index (χ0v) is 12.1. The van der Waals surface area contributed by atoms with Gasteiger partial charge in [-0.25, -0.2) is 0 Å². The Morgan fingerprint density at radius 1 is 1.60 bits per heavy atom. The van der Waals surface area contributed by atoms with E-state index >= 15 is 0 Å². The molecule has 2 unspecified atom stereocenters. The van der Waals surface area contributed by atoms with Crippen LogP contribution in [-0.2, 0) is 22.5 Å². The van der Waals surface area contributed by atoms with Crippen molar-refractivity contribution in [3.63, 3.8) is 0 Å². The van der Waals surface area contributed by atoms with E-state index in [-0.39, 0.29) is 5.97 Å². The van der Waals surface area contributed by atoms with Crippen LogP contribution in [0.4, 0.5) is 0 Å². The molecule has 0 bridgehead atoms. The molecule has 2 atom stereocenters. The van der Waals surface area contributed by atoms with Crippen LogP contribution in [0.25, 0.3) is 0 Å². The smallest absolute Gasteiger partial charge is 0.323 e. The SMILES string of the molecule is COC(=O)C1CC(O)CN1Cc1nc(CC(C)C)no1. The van der Waals surface area contributed by atoms with Crippen molar-refractivity contribution < 1.29 is 19.2 Å². The van der Waals surface area contributed by atoms with E-state index in [1.807, 2.05) is 4.90 Å². The highest BCUT2D eigenvalue weighted by Crippen LogP contribution is 2.21. The Balaban J connectivity index is 2.00.